The number of halogens is 1. The average Bonchev–Trinajstić information content (AvgIpc) is 2.79. The number of nitrogens with zero attached hydrogens (tertiary/aromatic N) is 2. The van der Waals surface area contributed by atoms with Gasteiger partial charge in [-0.1, -0.05) is 19.4 Å². The molecule has 0 unspecified atom stereocenters. The molecule has 0 amide bonds. The lowest BCUT2D eigenvalue weighted by Gasteiger charge is -2.09. The van der Waals surface area contributed by atoms with Gasteiger partial charge in [0.1, 0.15) is 5.75 Å². The second kappa shape index (κ2) is 7.77. The predicted octanol–water partition coefficient (Wildman–Crippen LogP) is 4.63. The van der Waals surface area contributed by atoms with E-state index in [1.54, 1.807) is 0 Å². The first-order chi connectivity index (χ1) is 10.9. The Labute approximate surface area is 146 Å². The van der Waals surface area contributed by atoms with Crippen molar-refractivity contribution in [3.8, 4) is 5.75 Å². The lowest BCUT2D eigenvalue weighted by Crippen LogP contribution is -2.22. The third-order valence-corrected chi connectivity index (χ3v) is 4.52. The number of carbonyl (C=O) groups excluding carboxylic acids is 1. The zero-order valence-electron chi connectivity index (χ0n) is 14.1. The number of ether oxygens (including phenoxy) is 1. The number of aromatic nitrogens is 2. The van der Waals surface area contributed by atoms with Crippen LogP contribution < -0.4 is 4.74 Å². The van der Waals surface area contributed by atoms with E-state index in [4.69, 9.17) is 4.74 Å². The monoisotopic (exact) mass is 378 g/mol. The highest BCUT2D eigenvalue weighted by atomic mass is 79.9. The third-order valence-electron chi connectivity index (χ3n) is 3.90. The Balaban J connectivity index is 2.09. The SMILES string of the molecule is CCCCc1c(C)nn(C(=O)COc2ccc(C)cc2Br)c1C. The first-order valence-corrected chi connectivity index (χ1v) is 8.70. The molecule has 1 aromatic heterocycles. The molecule has 0 radical (unpaired) electrons. The van der Waals surface area contributed by atoms with Crippen LogP contribution in [-0.4, -0.2) is 22.3 Å². The number of aryl methyl sites for hydroxylation is 2. The Bertz CT molecular complexity index is 707. The van der Waals surface area contributed by atoms with E-state index in [0.29, 0.717) is 5.75 Å². The van der Waals surface area contributed by atoms with E-state index < -0.39 is 0 Å². The Morgan fingerprint density at radius 1 is 1.30 bits per heavy atom. The first kappa shape index (κ1) is 17.7. The Kier molecular flexibility index (Phi) is 5.99. The van der Waals surface area contributed by atoms with E-state index in [0.717, 1.165) is 40.7 Å². The van der Waals surface area contributed by atoms with Gasteiger partial charge in [0.25, 0.3) is 5.91 Å². The standard InChI is InChI=1S/C18H23BrN2O2/c1-5-6-7-15-13(3)20-21(14(15)4)18(22)11-23-17-9-8-12(2)10-16(17)19/h8-10H,5-7,11H2,1-4H3. The van der Waals surface area contributed by atoms with Crippen molar-refractivity contribution in [1.29, 1.82) is 0 Å². The summed E-state index contributed by atoms with van der Waals surface area (Å²) in [5.41, 5.74) is 4.17. The van der Waals surface area contributed by atoms with Gasteiger partial charge in [-0.25, -0.2) is 4.68 Å². The van der Waals surface area contributed by atoms with Gasteiger partial charge < -0.3 is 4.74 Å². The summed E-state index contributed by atoms with van der Waals surface area (Å²) < 4.78 is 7.96. The van der Waals surface area contributed by atoms with Crippen LogP contribution in [0.4, 0.5) is 0 Å². The zero-order valence-corrected chi connectivity index (χ0v) is 15.7. The predicted molar refractivity (Wildman–Crippen MR) is 95.3 cm³/mol. The molecular weight excluding hydrogens is 356 g/mol. The molecule has 4 nitrogen and oxygen atoms in total. The molecule has 0 saturated carbocycles. The van der Waals surface area contributed by atoms with Crippen molar-refractivity contribution >= 4 is 21.8 Å². The molecule has 124 valence electrons. The molecule has 0 N–H and O–H groups in total. The fourth-order valence-corrected chi connectivity index (χ4v) is 3.16. The lowest BCUT2D eigenvalue weighted by molar-refractivity contribution is 0.0817. The second-order valence-corrected chi connectivity index (χ2v) is 6.64. The van der Waals surface area contributed by atoms with E-state index in [1.807, 2.05) is 39.0 Å². The summed E-state index contributed by atoms with van der Waals surface area (Å²) in [6.45, 7) is 8.04. The fraction of sp³-hybridized carbons (Fsp3) is 0.444. The molecule has 0 fully saturated rings. The molecule has 1 heterocycles. The topological polar surface area (TPSA) is 44.1 Å². The second-order valence-electron chi connectivity index (χ2n) is 5.78. The maximum Gasteiger partial charge on any atom is 0.284 e. The maximum absolute atomic E-state index is 12.4. The maximum atomic E-state index is 12.4. The van der Waals surface area contributed by atoms with Crippen molar-refractivity contribution in [2.45, 2.75) is 47.0 Å². The molecule has 2 aromatic rings. The first-order valence-electron chi connectivity index (χ1n) is 7.91. The normalized spacial score (nSPS) is 10.8. The Hall–Kier alpha value is -1.62. The average molecular weight is 379 g/mol. The molecule has 0 bridgehead atoms. The summed E-state index contributed by atoms with van der Waals surface area (Å²) >= 11 is 3.45. The zero-order chi connectivity index (χ0) is 17.0. The van der Waals surface area contributed by atoms with Gasteiger partial charge in [-0.05, 0) is 72.8 Å². The molecule has 0 spiro atoms. The van der Waals surface area contributed by atoms with Gasteiger partial charge in [0.05, 0.1) is 10.2 Å². The van der Waals surface area contributed by atoms with Crippen molar-refractivity contribution in [3.05, 3.63) is 45.2 Å². The molecular formula is C18H23BrN2O2. The quantitative estimate of drug-likeness (QED) is 0.735. The number of hydrogen-bond donors (Lipinski definition) is 0. The fourth-order valence-electron chi connectivity index (χ4n) is 2.56. The molecule has 2 rings (SSSR count). The van der Waals surface area contributed by atoms with Gasteiger partial charge in [-0.15, -0.1) is 0 Å². The number of hydrogen-bond acceptors (Lipinski definition) is 3. The highest BCUT2D eigenvalue weighted by molar-refractivity contribution is 9.10. The van der Waals surface area contributed by atoms with E-state index in [2.05, 4.69) is 28.0 Å². The summed E-state index contributed by atoms with van der Waals surface area (Å²) in [6.07, 6.45) is 3.20. The van der Waals surface area contributed by atoms with Crippen LogP contribution in [0.5, 0.6) is 5.75 Å². The minimum atomic E-state index is -0.152. The minimum Gasteiger partial charge on any atom is -0.483 e. The molecule has 0 aliphatic heterocycles. The minimum absolute atomic E-state index is 0.0309. The van der Waals surface area contributed by atoms with Crippen molar-refractivity contribution in [2.75, 3.05) is 6.61 Å². The number of carbonyl (C=O) groups is 1. The smallest absolute Gasteiger partial charge is 0.284 e. The van der Waals surface area contributed by atoms with Crippen LogP contribution in [0, 0.1) is 20.8 Å². The van der Waals surface area contributed by atoms with Crippen molar-refractivity contribution in [1.82, 2.24) is 9.78 Å². The molecule has 0 saturated heterocycles. The van der Waals surface area contributed by atoms with E-state index in [9.17, 15) is 4.79 Å². The highest BCUT2D eigenvalue weighted by Gasteiger charge is 2.17. The lowest BCUT2D eigenvalue weighted by atomic mass is 10.1. The van der Waals surface area contributed by atoms with Gasteiger partial charge in [-0.2, -0.15) is 5.10 Å². The van der Waals surface area contributed by atoms with E-state index >= 15 is 0 Å². The van der Waals surface area contributed by atoms with Crippen LogP contribution in [0.15, 0.2) is 22.7 Å². The van der Waals surface area contributed by atoms with Crippen LogP contribution in [0.3, 0.4) is 0 Å². The Morgan fingerprint density at radius 2 is 2.04 bits per heavy atom. The summed E-state index contributed by atoms with van der Waals surface area (Å²) in [4.78, 5) is 12.4. The molecule has 0 aliphatic carbocycles. The third kappa shape index (κ3) is 4.22. The molecule has 0 atom stereocenters. The summed E-state index contributed by atoms with van der Waals surface area (Å²) in [5.74, 6) is 0.512. The molecule has 1 aromatic carbocycles. The Morgan fingerprint density at radius 3 is 2.70 bits per heavy atom. The largest absolute Gasteiger partial charge is 0.483 e. The van der Waals surface area contributed by atoms with E-state index in [-0.39, 0.29) is 12.5 Å². The number of unbranched alkanes of at least 4 members (excludes halogenated alkanes) is 1. The van der Waals surface area contributed by atoms with Gasteiger partial charge in [-0.3, -0.25) is 4.79 Å². The summed E-state index contributed by atoms with van der Waals surface area (Å²) in [6, 6.07) is 5.78. The van der Waals surface area contributed by atoms with Crippen LogP contribution in [-0.2, 0) is 6.42 Å². The molecule has 0 aliphatic rings. The number of rotatable bonds is 6. The van der Waals surface area contributed by atoms with Crippen molar-refractivity contribution < 1.29 is 9.53 Å². The van der Waals surface area contributed by atoms with Gasteiger partial charge in [0.2, 0.25) is 0 Å². The van der Waals surface area contributed by atoms with Crippen LogP contribution in [0.25, 0.3) is 0 Å². The molecule has 23 heavy (non-hydrogen) atoms. The van der Waals surface area contributed by atoms with Crippen molar-refractivity contribution in [2.24, 2.45) is 0 Å². The van der Waals surface area contributed by atoms with Gasteiger partial charge in [0, 0.05) is 5.69 Å². The van der Waals surface area contributed by atoms with Crippen LogP contribution in [0.1, 0.15) is 47.1 Å². The van der Waals surface area contributed by atoms with Crippen LogP contribution >= 0.6 is 15.9 Å². The summed E-state index contributed by atoms with van der Waals surface area (Å²) in [7, 11) is 0. The van der Waals surface area contributed by atoms with Gasteiger partial charge in [0.15, 0.2) is 6.61 Å². The van der Waals surface area contributed by atoms with E-state index in [1.165, 1.54) is 10.2 Å². The van der Waals surface area contributed by atoms with Crippen molar-refractivity contribution in [3.63, 3.8) is 0 Å². The summed E-state index contributed by atoms with van der Waals surface area (Å²) in [5, 5.41) is 4.39. The number of benzene rings is 1. The van der Waals surface area contributed by atoms with Crippen LogP contribution in [0.2, 0.25) is 0 Å². The molecule has 5 heteroatoms. The van der Waals surface area contributed by atoms with Gasteiger partial charge >= 0.3 is 0 Å². The highest BCUT2D eigenvalue weighted by Crippen LogP contribution is 2.25.